The summed E-state index contributed by atoms with van der Waals surface area (Å²) in [7, 11) is 1.69. The van der Waals surface area contributed by atoms with Crippen molar-refractivity contribution in [1.82, 2.24) is 4.90 Å². The average molecular weight is 562 g/mol. The SMILES string of the molecule is COc1cc2c(c3c1OC(C)(C)C3)C(c1cccc(NC(=O)C3CCN(C(=O)OC(C)(C)C)CC3)c1)=NC(C)(C)C2. The van der Waals surface area contributed by atoms with Crippen molar-refractivity contribution in [2.45, 2.75) is 90.9 Å². The van der Waals surface area contributed by atoms with E-state index in [1.165, 1.54) is 5.56 Å². The molecule has 3 aliphatic heterocycles. The highest BCUT2D eigenvalue weighted by molar-refractivity contribution is 6.16. The number of carbonyl (C=O) groups is 2. The molecule has 8 nitrogen and oxygen atoms in total. The zero-order valence-corrected chi connectivity index (χ0v) is 25.6. The first-order chi connectivity index (χ1) is 19.1. The summed E-state index contributed by atoms with van der Waals surface area (Å²) in [6, 6.07) is 10.0. The van der Waals surface area contributed by atoms with Crippen LogP contribution in [-0.4, -0.2) is 59.6 Å². The van der Waals surface area contributed by atoms with Crippen LogP contribution in [0.4, 0.5) is 10.5 Å². The fraction of sp³-hybridized carbons (Fsp3) is 0.545. The van der Waals surface area contributed by atoms with Gasteiger partial charge in [0.1, 0.15) is 11.2 Å². The van der Waals surface area contributed by atoms with Gasteiger partial charge in [0.25, 0.3) is 0 Å². The van der Waals surface area contributed by atoms with Crippen LogP contribution in [0.25, 0.3) is 0 Å². The van der Waals surface area contributed by atoms with Gasteiger partial charge >= 0.3 is 6.09 Å². The van der Waals surface area contributed by atoms with E-state index in [1.807, 2.05) is 39.0 Å². The van der Waals surface area contributed by atoms with Crippen LogP contribution in [0.5, 0.6) is 11.5 Å². The molecule has 0 unspecified atom stereocenters. The number of anilines is 1. The lowest BCUT2D eigenvalue weighted by molar-refractivity contribution is -0.121. The molecule has 41 heavy (non-hydrogen) atoms. The van der Waals surface area contributed by atoms with E-state index in [2.05, 4.69) is 45.1 Å². The predicted octanol–water partition coefficient (Wildman–Crippen LogP) is 6.17. The lowest BCUT2D eigenvalue weighted by Gasteiger charge is -2.33. The van der Waals surface area contributed by atoms with Crippen LogP contribution in [0.2, 0.25) is 0 Å². The molecular formula is C33H43N3O5. The molecule has 1 fully saturated rings. The van der Waals surface area contributed by atoms with E-state index in [1.54, 1.807) is 12.0 Å². The zero-order valence-electron chi connectivity index (χ0n) is 25.6. The fourth-order valence-corrected chi connectivity index (χ4v) is 6.07. The third-order valence-corrected chi connectivity index (χ3v) is 7.82. The van der Waals surface area contributed by atoms with Gasteiger partial charge in [0.05, 0.1) is 18.4 Å². The van der Waals surface area contributed by atoms with Gasteiger partial charge in [0.15, 0.2) is 11.5 Å². The summed E-state index contributed by atoms with van der Waals surface area (Å²) in [6.07, 6.45) is 2.44. The van der Waals surface area contributed by atoms with Crippen molar-refractivity contribution >= 4 is 23.4 Å². The highest BCUT2D eigenvalue weighted by Crippen LogP contribution is 2.48. The van der Waals surface area contributed by atoms with E-state index < -0.39 is 5.60 Å². The molecule has 220 valence electrons. The van der Waals surface area contributed by atoms with Crippen LogP contribution in [0.15, 0.2) is 35.3 Å². The minimum atomic E-state index is -0.538. The molecule has 2 aromatic rings. The number of nitrogens with zero attached hydrogens (tertiary/aromatic N) is 2. The van der Waals surface area contributed by atoms with Gasteiger partial charge in [-0.15, -0.1) is 0 Å². The highest BCUT2D eigenvalue weighted by atomic mass is 16.6. The molecule has 0 atom stereocenters. The second kappa shape index (κ2) is 10.4. The first kappa shape index (κ1) is 29.0. The van der Waals surface area contributed by atoms with Crippen molar-refractivity contribution in [2.75, 3.05) is 25.5 Å². The number of methoxy groups -OCH3 is 1. The fourth-order valence-electron chi connectivity index (χ4n) is 6.07. The van der Waals surface area contributed by atoms with Crippen LogP contribution < -0.4 is 14.8 Å². The van der Waals surface area contributed by atoms with Crippen LogP contribution in [0.3, 0.4) is 0 Å². The molecule has 0 aromatic heterocycles. The van der Waals surface area contributed by atoms with Crippen LogP contribution >= 0.6 is 0 Å². The van der Waals surface area contributed by atoms with Gasteiger partial charge in [0.2, 0.25) is 5.91 Å². The second-order valence-electron chi connectivity index (χ2n) is 13.7. The number of nitrogens with one attached hydrogen (secondary N) is 1. The molecule has 3 heterocycles. The molecule has 5 rings (SSSR count). The summed E-state index contributed by atoms with van der Waals surface area (Å²) >= 11 is 0. The van der Waals surface area contributed by atoms with Gasteiger partial charge in [-0.3, -0.25) is 9.79 Å². The Hall–Kier alpha value is -3.55. The number of rotatable bonds is 4. The number of aliphatic imine (C=N–C) groups is 1. The normalized spacial score (nSPS) is 19.4. The molecule has 1 saturated heterocycles. The summed E-state index contributed by atoms with van der Waals surface area (Å²) in [4.78, 5) is 32.6. The first-order valence-electron chi connectivity index (χ1n) is 14.6. The molecule has 0 bridgehead atoms. The number of benzene rings is 2. The van der Waals surface area contributed by atoms with Crippen LogP contribution in [-0.2, 0) is 22.4 Å². The topological polar surface area (TPSA) is 89.5 Å². The highest BCUT2D eigenvalue weighted by Gasteiger charge is 2.40. The van der Waals surface area contributed by atoms with Gasteiger partial charge < -0.3 is 24.4 Å². The van der Waals surface area contributed by atoms with Crippen LogP contribution in [0.1, 0.15) is 83.6 Å². The molecule has 0 saturated carbocycles. The molecule has 1 N–H and O–H groups in total. The minimum absolute atomic E-state index is 0.0296. The Bertz CT molecular complexity index is 1390. The number of carbonyl (C=O) groups excluding carboxylic acids is 2. The van der Waals surface area contributed by atoms with Crippen molar-refractivity contribution < 1.29 is 23.8 Å². The Morgan fingerprint density at radius 1 is 1.07 bits per heavy atom. The number of likely N-dealkylation sites (tertiary alicyclic amines) is 1. The number of hydrogen-bond donors (Lipinski definition) is 1. The summed E-state index contributed by atoms with van der Waals surface area (Å²) < 4.78 is 17.6. The minimum Gasteiger partial charge on any atom is -0.493 e. The van der Waals surface area contributed by atoms with Gasteiger partial charge in [-0.2, -0.15) is 0 Å². The Balaban J connectivity index is 1.37. The third kappa shape index (κ3) is 6.21. The average Bonchev–Trinajstić information content (AvgIpc) is 3.21. The number of piperidine rings is 1. The summed E-state index contributed by atoms with van der Waals surface area (Å²) in [5, 5.41) is 3.13. The molecule has 0 aliphatic carbocycles. The van der Waals surface area contributed by atoms with E-state index >= 15 is 0 Å². The lowest BCUT2D eigenvalue weighted by atomic mass is 9.81. The van der Waals surface area contributed by atoms with Gasteiger partial charge in [-0.05, 0) is 91.5 Å². The van der Waals surface area contributed by atoms with Crippen LogP contribution in [0, 0.1) is 5.92 Å². The molecule has 8 heteroatoms. The van der Waals surface area contributed by atoms with E-state index in [-0.39, 0.29) is 29.1 Å². The Morgan fingerprint density at radius 3 is 2.44 bits per heavy atom. The summed E-state index contributed by atoms with van der Waals surface area (Å²) in [5.41, 5.74) is 4.87. The maximum atomic E-state index is 13.3. The van der Waals surface area contributed by atoms with E-state index in [4.69, 9.17) is 19.2 Å². The Kier molecular flexibility index (Phi) is 7.33. The summed E-state index contributed by atoms with van der Waals surface area (Å²) in [5.74, 6) is 1.36. The maximum Gasteiger partial charge on any atom is 0.410 e. The standard InChI is InChI=1S/C33H43N3O5/c1-31(2,3)41-30(38)36-14-12-20(13-15-36)29(37)34-23-11-9-10-21(16-23)27-26-22(18-32(4,5)35-27)17-25(39-8)28-24(26)19-33(6,7)40-28/h9-11,16-17,20H,12-15,18-19H2,1-8H3,(H,34,37). The van der Waals surface area contributed by atoms with Crippen molar-refractivity contribution in [1.29, 1.82) is 0 Å². The third-order valence-electron chi connectivity index (χ3n) is 7.82. The zero-order chi connectivity index (χ0) is 29.7. The van der Waals surface area contributed by atoms with E-state index in [0.29, 0.717) is 25.9 Å². The Labute approximate surface area is 243 Å². The molecule has 2 aromatic carbocycles. The van der Waals surface area contributed by atoms with Crippen molar-refractivity contribution in [3.8, 4) is 11.5 Å². The molecule has 2 amide bonds. The molecule has 0 spiro atoms. The van der Waals surface area contributed by atoms with E-state index in [0.717, 1.165) is 52.4 Å². The lowest BCUT2D eigenvalue weighted by Crippen LogP contribution is -2.43. The van der Waals surface area contributed by atoms with Crippen molar-refractivity contribution in [3.63, 3.8) is 0 Å². The number of fused-ring (bicyclic) bond motifs is 3. The number of amides is 2. The monoisotopic (exact) mass is 561 g/mol. The van der Waals surface area contributed by atoms with Gasteiger partial charge in [0, 0.05) is 47.8 Å². The summed E-state index contributed by atoms with van der Waals surface area (Å²) in [6.45, 7) is 15.1. The molecule has 0 radical (unpaired) electrons. The Morgan fingerprint density at radius 2 is 1.78 bits per heavy atom. The number of hydrogen-bond acceptors (Lipinski definition) is 6. The predicted molar refractivity (Wildman–Crippen MR) is 160 cm³/mol. The van der Waals surface area contributed by atoms with Gasteiger partial charge in [-0.1, -0.05) is 12.1 Å². The van der Waals surface area contributed by atoms with Crippen molar-refractivity contribution in [3.05, 3.63) is 52.6 Å². The number of ether oxygens (including phenoxy) is 3. The quantitative estimate of drug-likeness (QED) is 0.483. The molecule has 3 aliphatic rings. The second-order valence-corrected chi connectivity index (χ2v) is 13.7. The molecular weight excluding hydrogens is 518 g/mol. The van der Waals surface area contributed by atoms with Crippen molar-refractivity contribution in [2.24, 2.45) is 10.9 Å². The van der Waals surface area contributed by atoms with E-state index in [9.17, 15) is 9.59 Å². The maximum absolute atomic E-state index is 13.3. The smallest absolute Gasteiger partial charge is 0.410 e. The first-order valence-corrected chi connectivity index (χ1v) is 14.6. The van der Waals surface area contributed by atoms with Gasteiger partial charge in [-0.25, -0.2) is 4.79 Å². The largest absolute Gasteiger partial charge is 0.493 e.